The minimum absolute atomic E-state index is 0.728. The van der Waals surface area contributed by atoms with Crippen LogP contribution in [0.4, 0.5) is 0 Å². The van der Waals surface area contributed by atoms with Crippen molar-refractivity contribution in [2.75, 3.05) is 0 Å². The van der Waals surface area contributed by atoms with Crippen molar-refractivity contribution in [3.05, 3.63) is 39.0 Å². The van der Waals surface area contributed by atoms with E-state index in [-0.39, 0.29) is 0 Å². The van der Waals surface area contributed by atoms with E-state index in [0.717, 1.165) is 26.1 Å². The lowest BCUT2D eigenvalue weighted by atomic mass is 10.1. The van der Waals surface area contributed by atoms with Gasteiger partial charge in [0, 0.05) is 15.6 Å². The number of hydrogen-bond acceptors (Lipinski definition) is 1. The van der Waals surface area contributed by atoms with Crippen molar-refractivity contribution in [2.45, 2.75) is 13.8 Å². The van der Waals surface area contributed by atoms with Gasteiger partial charge in [-0.1, -0.05) is 11.6 Å². The zero-order chi connectivity index (χ0) is 10.3. The topological polar surface area (TPSA) is 12.9 Å². The van der Waals surface area contributed by atoms with Crippen LogP contribution in [0.25, 0.3) is 10.9 Å². The van der Waals surface area contributed by atoms with Crippen LogP contribution >= 0.6 is 27.5 Å². The van der Waals surface area contributed by atoms with Crippen molar-refractivity contribution < 1.29 is 0 Å². The van der Waals surface area contributed by atoms with Crippen LogP contribution in [-0.2, 0) is 0 Å². The molecule has 0 bridgehead atoms. The third-order valence-electron chi connectivity index (χ3n) is 2.19. The normalized spacial score (nSPS) is 10.9. The molecule has 0 N–H and O–H groups in total. The Balaban J connectivity index is 2.89. The van der Waals surface area contributed by atoms with E-state index in [1.807, 2.05) is 19.1 Å². The number of halogens is 2. The summed E-state index contributed by atoms with van der Waals surface area (Å²) in [6, 6.07) is 5.97. The Labute approximate surface area is 96.2 Å². The number of hydrogen-bond donors (Lipinski definition) is 0. The molecular weight excluding hydrogens is 261 g/mol. The van der Waals surface area contributed by atoms with Crippen LogP contribution in [0.1, 0.15) is 11.3 Å². The smallest absolute Gasteiger partial charge is 0.0720 e. The summed E-state index contributed by atoms with van der Waals surface area (Å²) < 4.78 is 0.893. The molecule has 0 atom stereocenters. The quantitative estimate of drug-likeness (QED) is 0.697. The standard InChI is InChI=1S/C11H9BrClN/c1-6-3-7(2)14-11-5-9(12)10(13)4-8(6)11/h3-5H,1-2H3. The Hall–Kier alpha value is -0.600. The highest BCUT2D eigenvalue weighted by Crippen LogP contribution is 2.29. The Morgan fingerprint density at radius 3 is 2.64 bits per heavy atom. The molecule has 2 aromatic rings. The Morgan fingerprint density at radius 1 is 1.21 bits per heavy atom. The number of benzene rings is 1. The van der Waals surface area contributed by atoms with E-state index in [1.54, 1.807) is 0 Å². The summed E-state index contributed by atoms with van der Waals surface area (Å²) in [5.74, 6) is 0. The van der Waals surface area contributed by atoms with E-state index in [0.29, 0.717) is 0 Å². The maximum Gasteiger partial charge on any atom is 0.0720 e. The lowest BCUT2D eigenvalue weighted by Gasteiger charge is -2.05. The van der Waals surface area contributed by atoms with Gasteiger partial charge in [-0.2, -0.15) is 0 Å². The summed E-state index contributed by atoms with van der Waals surface area (Å²) in [5.41, 5.74) is 3.23. The molecule has 14 heavy (non-hydrogen) atoms. The van der Waals surface area contributed by atoms with Gasteiger partial charge in [0.15, 0.2) is 0 Å². The molecule has 1 aromatic heterocycles. The number of pyridine rings is 1. The van der Waals surface area contributed by atoms with Crippen LogP contribution < -0.4 is 0 Å². The fourth-order valence-corrected chi connectivity index (χ4v) is 2.05. The molecule has 0 spiro atoms. The highest BCUT2D eigenvalue weighted by atomic mass is 79.9. The largest absolute Gasteiger partial charge is 0.253 e. The molecule has 0 amide bonds. The average Bonchev–Trinajstić information content (AvgIpc) is 2.08. The maximum absolute atomic E-state index is 6.02. The van der Waals surface area contributed by atoms with Crippen molar-refractivity contribution in [3.8, 4) is 0 Å². The summed E-state index contributed by atoms with van der Waals surface area (Å²) in [6.07, 6.45) is 0. The number of fused-ring (bicyclic) bond motifs is 1. The Kier molecular flexibility index (Phi) is 2.50. The molecule has 0 aliphatic rings. The van der Waals surface area contributed by atoms with Crippen molar-refractivity contribution in [2.24, 2.45) is 0 Å². The summed E-state index contributed by atoms with van der Waals surface area (Å²) in [6.45, 7) is 4.07. The summed E-state index contributed by atoms with van der Waals surface area (Å²) in [5, 5.41) is 1.84. The van der Waals surface area contributed by atoms with E-state index in [1.165, 1.54) is 5.56 Å². The first-order valence-electron chi connectivity index (χ1n) is 4.31. The van der Waals surface area contributed by atoms with Gasteiger partial charge in [-0.05, 0) is 53.5 Å². The predicted octanol–water partition coefficient (Wildman–Crippen LogP) is 4.27. The highest BCUT2D eigenvalue weighted by molar-refractivity contribution is 9.10. The molecule has 0 aliphatic heterocycles. The zero-order valence-corrected chi connectivity index (χ0v) is 10.3. The van der Waals surface area contributed by atoms with Crippen LogP contribution in [0.2, 0.25) is 5.02 Å². The summed E-state index contributed by atoms with van der Waals surface area (Å²) in [4.78, 5) is 4.45. The van der Waals surface area contributed by atoms with Crippen molar-refractivity contribution in [1.29, 1.82) is 0 Å². The van der Waals surface area contributed by atoms with Crippen molar-refractivity contribution in [3.63, 3.8) is 0 Å². The molecule has 3 heteroatoms. The summed E-state index contributed by atoms with van der Waals surface area (Å²) >= 11 is 9.42. The molecule has 72 valence electrons. The van der Waals surface area contributed by atoms with Crippen molar-refractivity contribution in [1.82, 2.24) is 4.98 Å². The van der Waals surface area contributed by atoms with Crippen LogP contribution in [0.15, 0.2) is 22.7 Å². The van der Waals surface area contributed by atoms with Gasteiger partial charge in [0.2, 0.25) is 0 Å². The van der Waals surface area contributed by atoms with Crippen molar-refractivity contribution >= 4 is 38.4 Å². The monoisotopic (exact) mass is 269 g/mol. The van der Waals surface area contributed by atoms with E-state index in [2.05, 4.69) is 33.9 Å². The van der Waals surface area contributed by atoms with Gasteiger partial charge < -0.3 is 0 Å². The van der Waals surface area contributed by atoms with Gasteiger partial charge in [0.05, 0.1) is 10.5 Å². The molecule has 2 rings (SSSR count). The second kappa shape index (κ2) is 3.52. The molecule has 0 radical (unpaired) electrons. The van der Waals surface area contributed by atoms with Gasteiger partial charge in [0.25, 0.3) is 0 Å². The third kappa shape index (κ3) is 1.64. The Bertz CT molecular complexity index is 508. The van der Waals surface area contributed by atoms with Gasteiger partial charge in [-0.15, -0.1) is 0 Å². The van der Waals surface area contributed by atoms with E-state index in [4.69, 9.17) is 11.6 Å². The fourth-order valence-electron chi connectivity index (χ4n) is 1.56. The number of aryl methyl sites for hydroxylation is 2. The maximum atomic E-state index is 6.02. The first kappa shape index (κ1) is 9.94. The first-order valence-corrected chi connectivity index (χ1v) is 5.48. The van der Waals surface area contributed by atoms with Crippen LogP contribution in [-0.4, -0.2) is 4.98 Å². The molecule has 1 heterocycles. The molecule has 1 nitrogen and oxygen atoms in total. The van der Waals surface area contributed by atoms with Gasteiger partial charge in [0.1, 0.15) is 0 Å². The SMILES string of the molecule is Cc1cc(C)c2cc(Cl)c(Br)cc2n1. The van der Waals surface area contributed by atoms with Gasteiger partial charge in [-0.25, -0.2) is 0 Å². The molecule has 0 fully saturated rings. The second-order valence-corrected chi connectivity index (χ2v) is 4.63. The van der Waals surface area contributed by atoms with Crippen LogP contribution in [0.5, 0.6) is 0 Å². The zero-order valence-electron chi connectivity index (χ0n) is 7.94. The van der Waals surface area contributed by atoms with Crippen LogP contribution in [0.3, 0.4) is 0 Å². The molecule has 1 aromatic carbocycles. The van der Waals surface area contributed by atoms with E-state index in [9.17, 15) is 0 Å². The highest BCUT2D eigenvalue weighted by Gasteiger charge is 2.04. The number of nitrogens with zero attached hydrogens (tertiary/aromatic N) is 1. The molecule has 0 saturated heterocycles. The van der Waals surface area contributed by atoms with Crippen LogP contribution in [0, 0.1) is 13.8 Å². The van der Waals surface area contributed by atoms with Gasteiger partial charge >= 0.3 is 0 Å². The van der Waals surface area contributed by atoms with E-state index < -0.39 is 0 Å². The molecule has 0 aliphatic carbocycles. The lowest BCUT2D eigenvalue weighted by Crippen LogP contribution is -1.87. The van der Waals surface area contributed by atoms with E-state index >= 15 is 0 Å². The minimum atomic E-state index is 0.728. The molecular formula is C11H9BrClN. The average molecular weight is 271 g/mol. The predicted molar refractivity (Wildman–Crippen MR) is 63.9 cm³/mol. The Morgan fingerprint density at radius 2 is 1.93 bits per heavy atom. The second-order valence-electron chi connectivity index (χ2n) is 3.36. The number of aromatic nitrogens is 1. The fraction of sp³-hybridized carbons (Fsp3) is 0.182. The first-order chi connectivity index (χ1) is 6.58. The lowest BCUT2D eigenvalue weighted by molar-refractivity contribution is 1.23. The van der Waals surface area contributed by atoms with Gasteiger partial charge in [-0.3, -0.25) is 4.98 Å². The molecule has 0 saturated carbocycles. The molecule has 0 unspecified atom stereocenters. The number of rotatable bonds is 0. The third-order valence-corrected chi connectivity index (χ3v) is 3.38. The summed E-state index contributed by atoms with van der Waals surface area (Å²) in [7, 11) is 0. The minimum Gasteiger partial charge on any atom is -0.253 e.